The van der Waals surface area contributed by atoms with Gasteiger partial charge in [-0.3, -0.25) is 4.79 Å². The Balaban J connectivity index is 2.00. The van der Waals surface area contributed by atoms with Gasteiger partial charge in [0.25, 0.3) is 5.91 Å². The third-order valence-electron chi connectivity index (χ3n) is 4.93. The smallest absolute Gasteiger partial charge is 0.268 e. The number of aryl methyl sites for hydroxylation is 1. The number of amides is 1. The quantitative estimate of drug-likeness (QED) is 0.590. The van der Waals surface area contributed by atoms with E-state index >= 15 is 0 Å². The fraction of sp³-hybridized carbons (Fsp3) is 0.261. The number of nitrogens with zero attached hydrogens (tertiary/aromatic N) is 1. The van der Waals surface area contributed by atoms with Crippen molar-refractivity contribution in [2.75, 3.05) is 0 Å². The number of benzene rings is 2. The first-order chi connectivity index (χ1) is 12.9. The average molecular weight is 364 g/mol. The van der Waals surface area contributed by atoms with Gasteiger partial charge in [0.2, 0.25) is 0 Å². The lowest BCUT2D eigenvalue weighted by Crippen LogP contribution is -2.26. The molecule has 0 unspecified atom stereocenters. The molecule has 3 nitrogen and oxygen atoms in total. The molecule has 3 rings (SSSR count). The van der Waals surface area contributed by atoms with E-state index in [0.717, 1.165) is 16.5 Å². The van der Waals surface area contributed by atoms with E-state index in [1.54, 1.807) is 24.3 Å². The van der Waals surface area contributed by atoms with Gasteiger partial charge in [-0.25, -0.2) is 4.39 Å². The number of carbonyl (C=O) groups is 1. The number of hydrogen-bond acceptors (Lipinski definition) is 1. The summed E-state index contributed by atoms with van der Waals surface area (Å²) in [7, 11) is 0. The summed E-state index contributed by atoms with van der Waals surface area (Å²) in [5.74, 6) is -0.113. The minimum absolute atomic E-state index is 0.151. The molecule has 0 fully saturated rings. The van der Waals surface area contributed by atoms with Crippen LogP contribution in [0.2, 0.25) is 0 Å². The van der Waals surface area contributed by atoms with Crippen molar-refractivity contribution in [2.24, 2.45) is 0 Å². The van der Waals surface area contributed by atoms with E-state index in [0.29, 0.717) is 23.7 Å². The van der Waals surface area contributed by atoms with E-state index in [2.05, 4.69) is 43.9 Å². The maximum atomic E-state index is 13.8. The predicted octanol–water partition coefficient (Wildman–Crippen LogP) is 5.33. The average Bonchev–Trinajstić information content (AvgIpc) is 2.93. The van der Waals surface area contributed by atoms with Crippen molar-refractivity contribution in [1.29, 1.82) is 0 Å². The van der Waals surface area contributed by atoms with Crippen molar-refractivity contribution < 1.29 is 9.18 Å². The monoisotopic (exact) mass is 364 g/mol. The van der Waals surface area contributed by atoms with Gasteiger partial charge in [0.05, 0.1) is 0 Å². The van der Waals surface area contributed by atoms with Crippen LogP contribution < -0.4 is 5.32 Å². The minimum Gasteiger partial charge on any atom is -0.347 e. The van der Waals surface area contributed by atoms with E-state index in [-0.39, 0.29) is 18.3 Å². The van der Waals surface area contributed by atoms with Crippen LogP contribution in [0.3, 0.4) is 0 Å². The standard InChI is InChI=1S/C23H25FN2O/c1-5-12-26-21-11-10-17(15(2)3)13-19(21)16(4)22(26)23(27)25-14-18-8-6-7-9-20(18)24/h5-11,13,15H,1,12,14H2,2-4H3,(H,25,27). The van der Waals surface area contributed by atoms with Crippen LogP contribution >= 0.6 is 0 Å². The van der Waals surface area contributed by atoms with Crippen LogP contribution in [0, 0.1) is 12.7 Å². The molecule has 1 amide bonds. The molecule has 3 aromatic rings. The lowest BCUT2D eigenvalue weighted by atomic mass is 10.0. The highest BCUT2D eigenvalue weighted by molar-refractivity contribution is 6.01. The topological polar surface area (TPSA) is 34.0 Å². The first kappa shape index (κ1) is 18.9. The van der Waals surface area contributed by atoms with E-state index in [1.807, 2.05) is 11.5 Å². The largest absolute Gasteiger partial charge is 0.347 e. The molecule has 140 valence electrons. The van der Waals surface area contributed by atoms with E-state index in [4.69, 9.17) is 0 Å². The van der Waals surface area contributed by atoms with Crippen molar-refractivity contribution in [3.63, 3.8) is 0 Å². The Morgan fingerprint density at radius 1 is 1.26 bits per heavy atom. The molecule has 0 aliphatic rings. The van der Waals surface area contributed by atoms with Crippen LogP contribution in [-0.4, -0.2) is 10.5 Å². The van der Waals surface area contributed by atoms with Gasteiger partial charge in [-0.05, 0) is 42.2 Å². The number of halogens is 1. The molecule has 2 aromatic carbocycles. The molecule has 4 heteroatoms. The maximum Gasteiger partial charge on any atom is 0.268 e. The Kier molecular flexibility index (Phi) is 5.45. The summed E-state index contributed by atoms with van der Waals surface area (Å²) < 4.78 is 15.8. The Hall–Kier alpha value is -2.88. The second-order valence-corrected chi connectivity index (χ2v) is 7.08. The van der Waals surface area contributed by atoms with Gasteiger partial charge in [0.15, 0.2) is 0 Å². The highest BCUT2D eigenvalue weighted by atomic mass is 19.1. The van der Waals surface area contributed by atoms with Gasteiger partial charge in [0, 0.05) is 29.6 Å². The van der Waals surface area contributed by atoms with Gasteiger partial charge in [-0.1, -0.05) is 44.2 Å². The summed E-state index contributed by atoms with van der Waals surface area (Å²) in [5.41, 5.74) is 4.24. The van der Waals surface area contributed by atoms with Gasteiger partial charge in [0.1, 0.15) is 11.5 Å². The zero-order chi connectivity index (χ0) is 19.6. The molecule has 0 spiro atoms. The molecule has 0 saturated carbocycles. The molecule has 1 aromatic heterocycles. The van der Waals surface area contributed by atoms with Crippen LogP contribution in [0.15, 0.2) is 55.1 Å². The molecule has 27 heavy (non-hydrogen) atoms. The molecule has 0 atom stereocenters. The van der Waals surface area contributed by atoms with Gasteiger partial charge < -0.3 is 9.88 Å². The zero-order valence-electron chi connectivity index (χ0n) is 16.1. The van der Waals surface area contributed by atoms with Gasteiger partial charge in [-0.2, -0.15) is 0 Å². The van der Waals surface area contributed by atoms with Gasteiger partial charge >= 0.3 is 0 Å². The number of hydrogen-bond donors (Lipinski definition) is 1. The summed E-state index contributed by atoms with van der Waals surface area (Å²) in [6.07, 6.45) is 1.78. The molecule has 1 N–H and O–H groups in total. The summed E-state index contributed by atoms with van der Waals surface area (Å²) >= 11 is 0. The zero-order valence-corrected chi connectivity index (χ0v) is 16.1. The first-order valence-corrected chi connectivity index (χ1v) is 9.19. The Morgan fingerprint density at radius 3 is 2.67 bits per heavy atom. The lowest BCUT2D eigenvalue weighted by molar-refractivity contribution is 0.0941. The predicted molar refractivity (Wildman–Crippen MR) is 109 cm³/mol. The van der Waals surface area contributed by atoms with E-state index in [1.165, 1.54) is 11.6 Å². The fourth-order valence-corrected chi connectivity index (χ4v) is 3.41. The summed E-state index contributed by atoms with van der Waals surface area (Å²) in [6, 6.07) is 12.8. The molecule has 0 aliphatic heterocycles. The molecule has 1 heterocycles. The summed E-state index contributed by atoms with van der Waals surface area (Å²) in [5, 5.41) is 3.93. The van der Waals surface area contributed by atoms with Crippen LogP contribution in [0.4, 0.5) is 4.39 Å². The second kappa shape index (κ2) is 7.78. The number of carbonyl (C=O) groups excluding carboxylic acids is 1. The lowest BCUT2D eigenvalue weighted by Gasteiger charge is -2.11. The third-order valence-corrected chi connectivity index (χ3v) is 4.93. The van der Waals surface area contributed by atoms with Crippen LogP contribution in [0.25, 0.3) is 10.9 Å². The summed E-state index contributed by atoms with van der Waals surface area (Å²) in [6.45, 7) is 10.8. The van der Waals surface area contributed by atoms with Crippen molar-refractivity contribution in [3.05, 3.63) is 83.3 Å². The van der Waals surface area contributed by atoms with Crippen molar-refractivity contribution in [1.82, 2.24) is 9.88 Å². The summed E-state index contributed by atoms with van der Waals surface area (Å²) in [4.78, 5) is 12.9. The maximum absolute atomic E-state index is 13.8. The highest BCUT2D eigenvalue weighted by Crippen LogP contribution is 2.29. The minimum atomic E-state index is -0.317. The Morgan fingerprint density at radius 2 is 2.00 bits per heavy atom. The van der Waals surface area contributed by atoms with Crippen molar-refractivity contribution >= 4 is 16.8 Å². The number of aromatic nitrogens is 1. The molecule has 0 bridgehead atoms. The molecule has 0 aliphatic carbocycles. The number of rotatable bonds is 6. The van der Waals surface area contributed by atoms with Crippen LogP contribution in [0.1, 0.15) is 46.9 Å². The molecular formula is C23H25FN2O. The van der Waals surface area contributed by atoms with Crippen LogP contribution in [0.5, 0.6) is 0 Å². The van der Waals surface area contributed by atoms with Gasteiger partial charge in [-0.15, -0.1) is 6.58 Å². The molecule has 0 saturated heterocycles. The second-order valence-electron chi connectivity index (χ2n) is 7.08. The number of fused-ring (bicyclic) bond motifs is 1. The van der Waals surface area contributed by atoms with Crippen LogP contribution in [-0.2, 0) is 13.1 Å². The Bertz CT molecular complexity index is 1000. The number of nitrogens with one attached hydrogen (secondary N) is 1. The number of allylic oxidation sites excluding steroid dienone is 1. The molecular weight excluding hydrogens is 339 g/mol. The SMILES string of the molecule is C=CCn1c(C(=O)NCc2ccccc2F)c(C)c2cc(C(C)C)ccc21. The third kappa shape index (κ3) is 3.65. The van der Waals surface area contributed by atoms with E-state index in [9.17, 15) is 9.18 Å². The Labute approximate surface area is 159 Å². The fourth-order valence-electron chi connectivity index (χ4n) is 3.41. The van der Waals surface area contributed by atoms with Crippen molar-refractivity contribution in [2.45, 2.75) is 39.8 Å². The highest BCUT2D eigenvalue weighted by Gasteiger charge is 2.20. The van der Waals surface area contributed by atoms with Crippen molar-refractivity contribution in [3.8, 4) is 0 Å². The normalized spacial score (nSPS) is 11.1. The molecule has 0 radical (unpaired) electrons. The van der Waals surface area contributed by atoms with E-state index < -0.39 is 0 Å². The first-order valence-electron chi connectivity index (χ1n) is 9.19.